The Morgan fingerprint density at radius 3 is 2.65 bits per heavy atom. The summed E-state index contributed by atoms with van der Waals surface area (Å²) in [4.78, 5) is 0. The number of benzene rings is 2. The van der Waals surface area contributed by atoms with Crippen LogP contribution in [-0.2, 0) is 6.54 Å². The Labute approximate surface area is 124 Å². The van der Waals surface area contributed by atoms with E-state index in [9.17, 15) is 0 Å². The maximum atomic E-state index is 5.96. The Morgan fingerprint density at radius 2 is 1.95 bits per heavy atom. The van der Waals surface area contributed by atoms with E-state index in [1.54, 1.807) is 0 Å². The minimum absolute atomic E-state index is 0.685. The van der Waals surface area contributed by atoms with Gasteiger partial charge >= 0.3 is 0 Å². The Kier molecular flexibility index (Phi) is 3.95. The summed E-state index contributed by atoms with van der Waals surface area (Å²) in [7, 11) is 0. The zero-order valence-corrected chi connectivity index (χ0v) is 12.3. The Bertz CT molecular complexity index is 608. The average Bonchev–Trinajstić information content (AvgIpc) is 3.22. The van der Waals surface area contributed by atoms with Crippen LogP contribution in [0, 0.1) is 6.92 Å². The van der Waals surface area contributed by atoms with Gasteiger partial charge in [-0.3, -0.25) is 0 Å². The second kappa shape index (κ2) is 5.86. The van der Waals surface area contributed by atoms with Crippen LogP contribution in [-0.4, -0.2) is 6.04 Å². The van der Waals surface area contributed by atoms with E-state index in [4.69, 9.17) is 16.3 Å². The maximum absolute atomic E-state index is 5.96. The van der Waals surface area contributed by atoms with Gasteiger partial charge in [0.25, 0.3) is 0 Å². The van der Waals surface area contributed by atoms with E-state index in [1.165, 1.54) is 24.0 Å². The Hall–Kier alpha value is -1.51. The van der Waals surface area contributed by atoms with Gasteiger partial charge in [-0.25, -0.2) is 0 Å². The maximum Gasteiger partial charge on any atom is 0.128 e. The predicted molar refractivity (Wildman–Crippen MR) is 82.6 cm³/mol. The summed E-state index contributed by atoms with van der Waals surface area (Å²) < 4.78 is 5.83. The zero-order chi connectivity index (χ0) is 13.9. The molecule has 1 N–H and O–H groups in total. The summed E-state index contributed by atoms with van der Waals surface area (Å²) in [6, 6.07) is 14.4. The van der Waals surface area contributed by atoms with Crippen molar-refractivity contribution < 1.29 is 4.74 Å². The van der Waals surface area contributed by atoms with Crippen LogP contribution in [0.1, 0.15) is 24.0 Å². The average molecular weight is 288 g/mol. The first kappa shape index (κ1) is 13.5. The molecule has 2 aromatic carbocycles. The van der Waals surface area contributed by atoms with Crippen LogP contribution in [0.3, 0.4) is 0 Å². The zero-order valence-electron chi connectivity index (χ0n) is 11.5. The molecule has 1 saturated carbocycles. The van der Waals surface area contributed by atoms with Gasteiger partial charge in [0.05, 0.1) is 0 Å². The van der Waals surface area contributed by atoms with Gasteiger partial charge < -0.3 is 10.1 Å². The van der Waals surface area contributed by atoms with Crippen LogP contribution in [0.15, 0.2) is 42.5 Å². The number of aryl methyl sites for hydroxylation is 1. The molecule has 0 aliphatic heterocycles. The summed E-state index contributed by atoms with van der Waals surface area (Å²) in [6.07, 6.45) is 2.63. The predicted octanol–water partition coefficient (Wildman–Crippen LogP) is 4.69. The van der Waals surface area contributed by atoms with Gasteiger partial charge in [0, 0.05) is 17.6 Å². The molecule has 0 unspecified atom stereocenters. The smallest absolute Gasteiger partial charge is 0.128 e. The highest BCUT2D eigenvalue weighted by Gasteiger charge is 2.20. The number of rotatable bonds is 5. The van der Waals surface area contributed by atoms with Gasteiger partial charge in [-0.2, -0.15) is 0 Å². The molecular formula is C17H18ClNO. The van der Waals surface area contributed by atoms with E-state index in [1.807, 2.05) is 30.3 Å². The second-order valence-electron chi connectivity index (χ2n) is 5.30. The molecule has 0 saturated heterocycles. The SMILES string of the molecule is Cc1cc(Oc2cccc(Cl)c2)ccc1CNC1CC1. The third-order valence-corrected chi connectivity index (χ3v) is 3.74. The van der Waals surface area contributed by atoms with Crippen molar-refractivity contribution in [2.24, 2.45) is 0 Å². The van der Waals surface area contributed by atoms with E-state index in [0.29, 0.717) is 5.02 Å². The highest BCUT2D eigenvalue weighted by atomic mass is 35.5. The van der Waals surface area contributed by atoms with E-state index in [-0.39, 0.29) is 0 Å². The summed E-state index contributed by atoms with van der Waals surface area (Å²) in [5.74, 6) is 1.61. The molecule has 0 bridgehead atoms. The molecule has 2 aromatic rings. The van der Waals surface area contributed by atoms with Crippen molar-refractivity contribution in [2.75, 3.05) is 0 Å². The number of halogens is 1. The second-order valence-corrected chi connectivity index (χ2v) is 5.74. The topological polar surface area (TPSA) is 21.3 Å². The van der Waals surface area contributed by atoms with E-state index < -0.39 is 0 Å². The van der Waals surface area contributed by atoms with Gasteiger partial charge in [0.1, 0.15) is 11.5 Å². The quantitative estimate of drug-likeness (QED) is 0.861. The van der Waals surface area contributed by atoms with Crippen molar-refractivity contribution in [1.82, 2.24) is 5.32 Å². The molecule has 0 aromatic heterocycles. The summed E-state index contributed by atoms with van der Waals surface area (Å²) in [5, 5.41) is 4.22. The lowest BCUT2D eigenvalue weighted by molar-refractivity contribution is 0.482. The number of hydrogen-bond donors (Lipinski definition) is 1. The lowest BCUT2D eigenvalue weighted by Crippen LogP contribution is -2.15. The first-order chi connectivity index (χ1) is 9.70. The summed E-state index contributed by atoms with van der Waals surface area (Å²) in [5.41, 5.74) is 2.58. The molecule has 0 radical (unpaired) electrons. The fourth-order valence-electron chi connectivity index (χ4n) is 2.14. The molecule has 0 atom stereocenters. The van der Waals surface area contributed by atoms with Crippen molar-refractivity contribution in [2.45, 2.75) is 32.4 Å². The molecule has 3 rings (SSSR count). The van der Waals surface area contributed by atoms with Crippen molar-refractivity contribution in [3.05, 3.63) is 58.6 Å². The molecule has 3 heteroatoms. The molecule has 1 aliphatic carbocycles. The monoisotopic (exact) mass is 287 g/mol. The number of ether oxygens (including phenoxy) is 1. The Balaban J connectivity index is 1.69. The van der Waals surface area contributed by atoms with Crippen LogP contribution in [0.4, 0.5) is 0 Å². The minimum atomic E-state index is 0.685. The third-order valence-electron chi connectivity index (χ3n) is 3.50. The molecular weight excluding hydrogens is 270 g/mol. The molecule has 0 amide bonds. The minimum Gasteiger partial charge on any atom is -0.457 e. The first-order valence-electron chi connectivity index (χ1n) is 6.97. The van der Waals surface area contributed by atoms with Gasteiger partial charge in [-0.15, -0.1) is 0 Å². The summed E-state index contributed by atoms with van der Waals surface area (Å²) >= 11 is 5.96. The van der Waals surface area contributed by atoms with Crippen LogP contribution in [0.5, 0.6) is 11.5 Å². The summed E-state index contributed by atoms with van der Waals surface area (Å²) in [6.45, 7) is 3.06. The largest absolute Gasteiger partial charge is 0.457 e. The standard InChI is InChI=1S/C17H18ClNO/c1-12-9-17(20-16-4-2-3-14(18)10-16)8-5-13(12)11-19-15-6-7-15/h2-5,8-10,15,19H,6-7,11H2,1H3. The van der Waals surface area contributed by atoms with Crippen molar-refractivity contribution in [3.8, 4) is 11.5 Å². The molecule has 20 heavy (non-hydrogen) atoms. The molecule has 0 spiro atoms. The van der Waals surface area contributed by atoms with Gasteiger partial charge in [0.15, 0.2) is 0 Å². The van der Waals surface area contributed by atoms with Gasteiger partial charge in [-0.1, -0.05) is 23.7 Å². The van der Waals surface area contributed by atoms with Gasteiger partial charge in [-0.05, 0) is 61.2 Å². The van der Waals surface area contributed by atoms with Crippen molar-refractivity contribution >= 4 is 11.6 Å². The number of hydrogen-bond acceptors (Lipinski definition) is 2. The fraction of sp³-hybridized carbons (Fsp3) is 0.294. The Morgan fingerprint density at radius 1 is 1.15 bits per heavy atom. The van der Waals surface area contributed by atoms with Gasteiger partial charge in [0.2, 0.25) is 0 Å². The van der Waals surface area contributed by atoms with Crippen LogP contribution in [0.25, 0.3) is 0 Å². The van der Waals surface area contributed by atoms with E-state index in [0.717, 1.165) is 24.1 Å². The first-order valence-corrected chi connectivity index (χ1v) is 7.35. The van der Waals surface area contributed by atoms with Crippen LogP contribution < -0.4 is 10.1 Å². The molecule has 2 nitrogen and oxygen atoms in total. The van der Waals surface area contributed by atoms with E-state index >= 15 is 0 Å². The highest BCUT2D eigenvalue weighted by Crippen LogP contribution is 2.26. The number of nitrogens with one attached hydrogen (secondary N) is 1. The third kappa shape index (κ3) is 3.53. The van der Waals surface area contributed by atoms with Crippen LogP contribution >= 0.6 is 11.6 Å². The lowest BCUT2D eigenvalue weighted by atomic mass is 10.1. The molecule has 0 heterocycles. The van der Waals surface area contributed by atoms with Crippen molar-refractivity contribution in [1.29, 1.82) is 0 Å². The molecule has 1 aliphatic rings. The highest BCUT2D eigenvalue weighted by molar-refractivity contribution is 6.30. The van der Waals surface area contributed by atoms with E-state index in [2.05, 4.69) is 24.4 Å². The van der Waals surface area contributed by atoms with Crippen molar-refractivity contribution in [3.63, 3.8) is 0 Å². The lowest BCUT2D eigenvalue weighted by Gasteiger charge is -2.11. The molecule has 104 valence electrons. The fourth-order valence-corrected chi connectivity index (χ4v) is 2.32. The normalized spacial score (nSPS) is 14.3. The van der Waals surface area contributed by atoms with Crippen LogP contribution in [0.2, 0.25) is 5.02 Å². The molecule has 1 fully saturated rings.